The van der Waals surface area contributed by atoms with Crippen LogP contribution in [0.4, 0.5) is 23.2 Å². The van der Waals surface area contributed by atoms with Gasteiger partial charge in [-0.1, -0.05) is 6.07 Å². The summed E-state index contributed by atoms with van der Waals surface area (Å²) in [6.45, 7) is 0.917. The summed E-state index contributed by atoms with van der Waals surface area (Å²) in [5, 5.41) is 14.2. The van der Waals surface area contributed by atoms with Crippen molar-refractivity contribution in [1.82, 2.24) is 4.98 Å². The van der Waals surface area contributed by atoms with Crippen molar-refractivity contribution < 1.29 is 27.4 Å². The van der Waals surface area contributed by atoms with Crippen LogP contribution in [0.5, 0.6) is 5.75 Å². The van der Waals surface area contributed by atoms with Crippen LogP contribution in [-0.4, -0.2) is 35.0 Å². The van der Waals surface area contributed by atoms with E-state index in [2.05, 4.69) is 22.9 Å². The van der Waals surface area contributed by atoms with E-state index in [1.54, 1.807) is 36.5 Å². The van der Waals surface area contributed by atoms with Crippen molar-refractivity contribution in [2.75, 3.05) is 18.5 Å². The number of hydrogen-bond donors (Lipinski definition) is 3. The Labute approximate surface area is 188 Å². The minimum absolute atomic E-state index is 0.186. The first-order valence-corrected chi connectivity index (χ1v) is 10.5. The fraction of sp³-hybridized carbons (Fsp3) is 0.348. The van der Waals surface area contributed by atoms with E-state index in [9.17, 15) is 22.7 Å². The number of aliphatic hydroxyl groups is 1. The summed E-state index contributed by atoms with van der Waals surface area (Å²) < 4.78 is 60.4. The van der Waals surface area contributed by atoms with Crippen LogP contribution in [0.15, 0.2) is 48.7 Å². The van der Waals surface area contributed by atoms with Gasteiger partial charge < -0.3 is 15.2 Å². The molecule has 2 atom stereocenters. The molecule has 1 aliphatic heterocycles. The maximum Gasteiger partial charge on any atom is 0.418 e. The zero-order chi connectivity index (χ0) is 23.1. The molecule has 0 radical (unpaired) electrons. The van der Waals surface area contributed by atoms with Crippen molar-refractivity contribution >= 4 is 29.2 Å². The van der Waals surface area contributed by atoms with Crippen LogP contribution in [0.3, 0.4) is 0 Å². The molecule has 2 N–H and O–H groups in total. The lowest BCUT2D eigenvalue weighted by molar-refractivity contribution is -0.258. The largest absolute Gasteiger partial charge is 0.493 e. The van der Waals surface area contributed by atoms with Gasteiger partial charge in [-0.3, -0.25) is 4.98 Å². The van der Waals surface area contributed by atoms with Crippen LogP contribution in [-0.2, 0) is 11.2 Å². The predicted molar refractivity (Wildman–Crippen MR) is 118 cm³/mol. The number of pyridine rings is 1. The van der Waals surface area contributed by atoms with Crippen LogP contribution in [0, 0.1) is 5.82 Å². The summed E-state index contributed by atoms with van der Waals surface area (Å²) in [7, 11) is 0. The molecule has 1 aromatic heterocycles. The number of hydrogen-bond acceptors (Lipinski definition) is 5. The Morgan fingerprint density at radius 3 is 2.72 bits per heavy atom. The zero-order valence-electron chi connectivity index (χ0n) is 17.2. The van der Waals surface area contributed by atoms with Crippen molar-refractivity contribution in [2.24, 2.45) is 0 Å². The number of anilines is 1. The van der Waals surface area contributed by atoms with Gasteiger partial charge in [0, 0.05) is 46.0 Å². The first kappa shape index (κ1) is 22.7. The molecule has 2 heterocycles. The van der Waals surface area contributed by atoms with E-state index in [0.29, 0.717) is 40.9 Å². The first-order valence-electron chi connectivity index (χ1n) is 10.0. The standard InChI is InChI=1S/C23H22F4N2O2S/c1-21(32,17-11-15(24)10-14-7-9-31-20(14)17)12-22(30,23(25,26)27)13-29-19-6-2-5-18-16(19)4-3-8-28-18/h2-6,8,10-11,29-30,32H,7,9,12-13H2,1H3. The average molecular weight is 467 g/mol. The fourth-order valence-corrected chi connectivity index (χ4v) is 4.52. The van der Waals surface area contributed by atoms with Gasteiger partial charge in [-0.2, -0.15) is 25.8 Å². The maximum absolute atomic E-state index is 14.1. The van der Waals surface area contributed by atoms with E-state index in [1.807, 2.05) is 0 Å². The molecule has 0 fully saturated rings. The highest BCUT2D eigenvalue weighted by atomic mass is 32.1. The Morgan fingerprint density at radius 2 is 1.97 bits per heavy atom. The molecular weight excluding hydrogens is 444 g/mol. The van der Waals surface area contributed by atoms with Crippen LogP contribution >= 0.6 is 12.6 Å². The number of ether oxygens (including phenoxy) is 1. The van der Waals surface area contributed by atoms with Crippen molar-refractivity contribution in [3.05, 3.63) is 65.6 Å². The highest BCUT2D eigenvalue weighted by Crippen LogP contribution is 2.48. The Balaban J connectivity index is 1.65. The summed E-state index contributed by atoms with van der Waals surface area (Å²) in [5.41, 5.74) is -1.36. The lowest BCUT2D eigenvalue weighted by Gasteiger charge is -2.38. The lowest BCUT2D eigenvalue weighted by atomic mass is 9.84. The summed E-state index contributed by atoms with van der Waals surface area (Å²) in [6.07, 6.45) is -3.74. The molecular formula is C23H22F4N2O2S. The number of aromatic nitrogens is 1. The number of thiol groups is 1. The molecule has 32 heavy (non-hydrogen) atoms. The summed E-state index contributed by atoms with van der Waals surface area (Å²) in [6, 6.07) is 10.9. The van der Waals surface area contributed by atoms with Gasteiger partial charge in [-0.25, -0.2) is 4.39 Å². The van der Waals surface area contributed by atoms with E-state index in [-0.39, 0.29) is 5.56 Å². The molecule has 3 aromatic rings. The van der Waals surface area contributed by atoms with Gasteiger partial charge in [-0.05, 0) is 43.3 Å². The van der Waals surface area contributed by atoms with Gasteiger partial charge in [0.05, 0.1) is 18.7 Å². The van der Waals surface area contributed by atoms with Gasteiger partial charge in [0.1, 0.15) is 11.6 Å². The molecule has 2 aromatic carbocycles. The zero-order valence-corrected chi connectivity index (χ0v) is 18.1. The number of nitrogens with zero attached hydrogens (tertiary/aromatic N) is 1. The molecule has 0 saturated heterocycles. The van der Waals surface area contributed by atoms with E-state index in [4.69, 9.17) is 4.74 Å². The Kier molecular flexibility index (Phi) is 5.75. The lowest BCUT2D eigenvalue weighted by Crippen LogP contribution is -2.53. The first-order chi connectivity index (χ1) is 15.0. The van der Waals surface area contributed by atoms with E-state index >= 15 is 0 Å². The van der Waals surface area contributed by atoms with E-state index in [0.717, 1.165) is 6.07 Å². The van der Waals surface area contributed by atoms with E-state index in [1.165, 1.54) is 13.0 Å². The quantitative estimate of drug-likeness (QED) is 0.343. The molecule has 170 valence electrons. The van der Waals surface area contributed by atoms with Gasteiger partial charge >= 0.3 is 6.18 Å². The minimum atomic E-state index is -4.97. The fourth-order valence-electron chi connectivity index (χ4n) is 4.10. The van der Waals surface area contributed by atoms with Crippen LogP contribution in [0.2, 0.25) is 0 Å². The second-order valence-corrected chi connectivity index (χ2v) is 9.24. The molecule has 0 saturated carbocycles. The number of rotatable bonds is 6. The van der Waals surface area contributed by atoms with Crippen LogP contribution < -0.4 is 10.1 Å². The third-order valence-corrected chi connectivity index (χ3v) is 6.11. The van der Waals surface area contributed by atoms with E-state index < -0.39 is 35.3 Å². The number of nitrogens with one attached hydrogen (secondary N) is 1. The van der Waals surface area contributed by atoms with Gasteiger partial charge in [0.2, 0.25) is 0 Å². The van der Waals surface area contributed by atoms with Crippen LogP contribution in [0.25, 0.3) is 10.9 Å². The number of fused-ring (bicyclic) bond motifs is 2. The summed E-state index contributed by atoms with van der Waals surface area (Å²) in [4.78, 5) is 4.19. The minimum Gasteiger partial charge on any atom is -0.493 e. The summed E-state index contributed by atoms with van der Waals surface area (Å²) in [5.74, 6) is -0.247. The van der Waals surface area contributed by atoms with Gasteiger partial charge in [0.15, 0.2) is 5.60 Å². The number of alkyl halides is 3. The molecule has 0 aliphatic carbocycles. The Morgan fingerprint density at radius 1 is 1.19 bits per heavy atom. The molecule has 0 amide bonds. The molecule has 0 bridgehead atoms. The highest BCUT2D eigenvalue weighted by molar-refractivity contribution is 7.81. The Hall–Kier alpha value is -2.52. The highest BCUT2D eigenvalue weighted by Gasteiger charge is 2.56. The van der Waals surface area contributed by atoms with Crippen molar-refractivity contribution in [2.45, 2.75) is 36.3 Å². The van der Waals surface area contributed by atoms with Gasteiger partial charge in [0.25, 0.3) is 0 Å². The summed E-state index contributed by atoms with van der Waals surface area (Å²) >= 11 is 4.44. The van der Waals surface area contributed by atoms with Crippen molar-refractivity contribution in [1.29, 1.82) is 0 Å². The topological polar surface area (TPSA) is 54.4 Å². The van der Waals surface area contributed by atoms with Crippen molar-refractivity contribution in [3.63, 3.8) is 0 Å². The number of halogens is 4. The molecule has 4 rings (SSSR count). The third-order valence-electron chi connectivity index (χ3n) is 5.71. The second kappa shape index (κ2) is 8.12. The SMILES string of the molecule is CC(S)(CC(O)(CNc1cccc2ncccc12)C(F)(F)F)c1cc(F)cc2c1OCC2. The predicted octanol–water partition coefficient (Wildman–Crippen LogP) is 5.25. The molecule has 0 spiro atoms. The normalized spacial score (nSPS) is 17.3. The smallest absolute Gasteiger partial charge is 0.418 e. The van der Waals surface area contributed by atoms with Gasteiger partial charge in [-0.15, -0.1) is 0 Å². The third kappa shape index (κ3) is 4.23. The average Bonchev–Trinajstić information content (AvgIpc) is 3.18. The van der Waals surface area contributed by atoms with Crippen molar-refractivity contribution in [3.8, 4) is 5.75 Å². The second-order valence-electron chi connectivity index (χ2n) is 8.25. The molecule has 9 heteroatoms. The maximum atomic E-state index is 14.1. The van der Waals surface area contributed by atoms with Crippen LogP contribution in [0.1, 0.15) is 24.5 Å². The molecule has 1 aliphatic rings. The molecule has 2 unspecified atom stereocenters. The Bertz CT molecular complexity index is 1150. The number of benzene rings is 2. The monoisotopic (exact) mass is 466 g/mol. The molecule has 4 nitrogen and oxygen atoms in total.